The van der Waals surface area contributed by atoms with Gasteiger partial charge in [-0.2, -0.15) is 0 Å². The minimum absolute atomic E-state index is 0.0825. The zero-order chi connectivity index (χ0) is 25.4. The van der Waals surface area contributed by atoms with Crippen molar-refractivity contribution in [1.29, 1.82) is 0 Å². The van der Waals surface area contributed by atoms with Gasteiger partial charge in [-0.1, -0.05) is 20.3 Å². The van der Waals surface area contributed by atoms with Crippen LogP contribution in [0.1, 0.15) is 36.2 Å². The fourth-order valence-electron chi connectivity index (χ4n) is 3.52. The molecule has 5 atom stereocenters. The van der Waals surface area contributed by atoms with Gasteiger partial charge >= 0.3 is 0 Å². The number of carbonyl (C=O) groups excluding carboxylic acids is 1. The van der Waals surface area contributed by atoms with Crippen LogP contribution < -0.4 is 15.4 Å². The molecule has 0 aliphatic heterocycles. The third-order valence-electron chi connectivity index (χ3n) is 5.96. The highest BCUT2D eigenvalue weighted by molar-refractivity contribution is 6.12. The fourth-order valence-corrected chi connectivity index (χ4v) is 3.52. The third-order valence-corrected chi connectivity index (χ3v) is 5.96. The number of rotatable bonds is 13. The molecule has 0 amide bonds. The molecule has 9 heteroatoms. The van der Waals surface area contributed by atoms with Crippen molar-refractivity contribution >= 4 is 17.2 Å². The van der Waals surface area contributed by atoms with Crippen molar-refractivity contribution in [3.8, 4) is 5.75 Å². The number of ketones is 1. The normalized spacial score (nSPS) is 15.8. The lowest BCUT2D eigenvalue weighted by atomic mass is 9.99. The lowest BCUT2D eigenvalue weighted by Gasteiger charge is -2.33. The first kappa shape index (κ1) is 27.6. The number of nitrogens with two attached hydrogens (primary N) is 1. The van der Waals surface area contributed by atoms with E-state index >= 15 is 0 Å². The van der Waals surface area contributed by atoms with Crippen molar-refractivity contribution < 1.29 is 35.1 Å². The summed E-state index contributed by atoms with van der Waals surface area (Å²) < 4.78 is 5.14. The molecule has 0 fully saturated rings. The summed E-state index contributed by atoms with van der Waals surface area (Å²) in [5.41, 5.74) is 7.75. The minimum Gasteiger partial charge on any atom is -0.497 e. The van der Waals surface area contributed by atoms with Gasteiger partial charge in [0.15, 0.2) is 5.78 Å². The van der Waals surface area contributed by atoms with Crippen LogP contribution in [0.15, 0.2) is 42.5 Å². The molecule has 7 N–H and O–H groups in total. The van der Waals surface area contributed by atoms with Crippen molar-refractivity contribution in [3.05, 3.63) is 53.6 Å². The Hall–Kier alpha value is -2.69. The Kier molecular flexibility index (Phi) is 10.3. The molecule has 2 rings (SSSR count). The maximum atomic E-state index is 13.1. The van der Waals surface area contributed by atoms with E-state index in [0.717, 1.165) is 6.42 Å². The van der Waals surface area contributed by atoms with E-state index in [9.17, 15) is 25.2 Å². The largest absolute Gasteiger partial charge is 0.497 e. The van der Waals surface area contributed by atoms with E-state index in [1.807, 2.05) is 13.8 Å². The maximum Gasteiger partial charge on any atom is 0.195 e. The number of nitrogen functional groups attached to an aromatic ring is 1. The number of hydrogen-bond donors (Lipinski definition) is 6. The first-order valence-corrected chi connectivity index (χ1v) is 11.3. The molecular formula is C25H36N2O7. The number of benzene rings is 2. The molecule has 0 aromatic heterocycles. The third kappa shape index (κ3) is 6.91. The summed E-state index contributed by atoms with van der Waals surface area (Å²) in [7, 11) is 1.54. The van der Waals surface area contributed by atoms with Gasteiger partial charge in [0, 0.05) is 35.6 Å². The maximum absolute atomic E-state index is 13.1. The number of anilines is 2. The van der Waals surface area contributed by atoms with Crippen LogP contribution in [0.25, 0.3) is 0 Å². The standard InChI is InChI=1S/C25H36N2O7/c1-4-15(2)12-27(13-21(29)24(32)25(33)22(30)14-28)17-7-10-20(26)19(11-17)23(31)16-5-8-18(34-3)9-6-16/h5-11,15,21-22,24-25,28-30,32-33H,4,12-14,26H2,1-3H3. The summed E-state index contributed by atoms with van der Waals surface area (Å²) >= 11 is 0. The number of hydrogen-bond acceptors (Lipinski definition) is 9. The zero-order valence-corrected chi connectivity index (χ0v) is 19.8. The Labute approximate surface area is 200 Å². The summed E-state index contributed by atoms with van der Waals surface area (Å²) in [6, 6.07) is 11.7. The van der Waals surface area contributed by atoms with Crippen LogP contribution in [0, 0.1) is 5.92 Å². The van der Waals surface area contributed by atoms with Crippen LogP contribution >= 0.6 is 0 Å². The molecule has 0 radical (unpaired) electrons. The lowest BCUT2D eigenvalue weighted by Crippen LogP contribution is -2.50. The molecule has 0 aliphatic carbocycles. The second-order valence-corrected chi connectivity index (χ2v) is 8.55. The number of nitrogens with zero attached hydrogens (tertiary/aromatic N) is 1. The van der Waals surface area contributed by atoms with Gasteiger partial charge in [0.25, 0.3) is 0 Å². The van der Waals surface area contributed by atoms with Crippen molar-refractivity contribution in [2.75, 3.05) is 37.4 Å². The van der Waals surface area contributed by atoms with Gasteiger partial charge in [-0.15, -0.1) is 0 Å². The molecule has 2 aromatic carbocycles. The van der Waals surface area contributed by atoms with Gasteiger partial charge in [0.2, 0.25) is 0 Å². The molecule has 0 saturated carbocycles. The highest BCUT2D eigenvalue weighted by Gasteiger charge is 2.31. The summed E-state index contributed by atoms with van der Waals surface area (Å²) in [5, 5.41) is 49.4. The zero-order valence-electron chi connectivity index (χ0n) is 19.8. The Balaban J connectivity index is 2.34. The summed E-state index contributed by atoms with van der Waals surface area (Å²) in [6.45, 7) is 3.72. The average Bonchev–Trinajstić information content (AvgIpc) is 2.86. The molecule has 9 nitrogen and oxygen atoms in total. The average molecular weight is 477 g/mol. The molecule has 34 heavy (non-hydrogen) atoms. The van der Waals surface area contributed by atoms with Crippen molar-refractivity contribution in [2.24, 2.45) is 5.92 Å². The van der Waals surface area contributed by atoms with Crippen molar-refractivity contribution in [3.63, 3.8) is 0 Å². The van der Waals surface area contributed by atoms with Gasteiger partial charge in [-0.05, 0) is 48.4 Å². The van der Waals surface area contributed by atoms with Crippen LogP contribution in [0.3, 0.4) is 0 Å². The predicted octanol–water partition coefficient (Wildman–Crippen LogP) is 0.797. The molecule has 5 unspecified atom stereocenters. The quantitative estimate of drug-likeness (QED) is 0.182. The monoisotopic (exact) mass is 476 g/mol. The van der Waals surface area contributed by atoms with E-state index in [1.165, 1.54) is 0 Å². The molecule has 0 saturated heterocycles. The van der Waals surface area contributed by atoms with Crippen LogP contribution in [-0.2, 0) is 0 Å². The fraction of sp³-hybridized carbons (Fsp3) is 0.480. The predicted molar refractivity (Wildman–Crippen MR) is 130 cm³/mol. The van der Waals surface area contributed by atoms with E-state index in [2.05, 4.69) is 0 Å². The van der Waals surface area contributed by atoms with E-state index in [4.69, 9.17) is 15.6 Å². The number of aliphatic hydroxyl groups is 5. The van der Waals surface area contributed by atoms with Crippen molar-refractivity contribution in [1.82, 2.24) is 0 Å². The van der Waals surface area contributed by atoms with E-state index in [1.54, 1.807) is 54.5 Å². The topological polar surface area (TPSA) is 157 Å². The van der Waals surface area contributed by atoms with Crippen LogP contribution in [0.4, 0.5) is 11.4 Å². The molecule has 188 valence electrons. The highest BCUT2D eigenvalue weighted by Crippen LogP contribution is 2.26. The molecule has 0 spiro atoms. The second kappa shape index (κ2) is 12.7. The second-order valence-electron chi connectivity index (χ2n) is 8.55. The van der Waals surface area contributed by atoms with Crippen LogP contribution in [-0.4, -0.2) is 82.5 Å². The Morgan fingerprint density at radius 1 is 1.00 bits per heavy atom. The highest BCUT2D eigenvalue weighted by atomic mass is 16.5. The van der Waals surface area contributed by atoms with E-state index in [0.29, 0.717) is 34.8 Å². The summed E-state index contributed by atoms with van der Waals surface area (Å²) in [5.74, 6) is 0.571. The van der Waals surface area contributed by atoms with Gasteiger partial charge < -0.3 is 40.9 Å². The molecule has 0 bridgehead atoms. The number of ether oxygens (including phenoxy) is 1. The minimum atomic E-state index is -1.72. The van der Waals surface area contributed by atoms with E-state index in [-0.39, 0.29) is 18.2 Å². The molecule has 0 aliphatic rings. The van der Waals surface area contributed by atoms with E-state index < -0.39 is 31.0 Å². The Morgan fingerprint density at radius 2 is 1.62 bits per heavy atom. The van der Waals surface area contributed by atoms with Gasteiger partial charge in [0.05, 0.1) is 19.8 Å². The van der Waals surface area contributed by atoms with Gasteiger partial charge in [-0.25, -0.2) is 0 Å². The van der Waals surface area contributed by atoms with Crippen LogP contribution in [0.5, 0.6) is 5.75 Å². The number of carbonyl (C=O) groups is 1. The number of aliphatic hydroxyl groups excluding tert-OH is 5. The lowest BCUT2D eigenvalue weighted by molar-refractivity contribution is -0.112. The molecular weight excluding hydrogens is 440 g/mol. The smallest absolute Gasteiger partial charge is 0.195 e. The first-order chi connectivity index (χ1) is 16.1. The van der Waals surface area contributed by atoms with Gasteiger partial charge in [-0.3, -0.25) is 4.79 Å². The SMILES string of the molecule is CCC(C)CN(CC(O)C(O)C(O)C(O)CO)c1ccc(N)c(C(=O)c2ccc(OC)cc2)c1. The first-order valence-electron chi connectivity index (χ1n) is 11.3. The van der Waals surface area contributed by atoms with Crippen molar-refractivity contribution in [2.45, 2.75) is 44.7 Å². The van der Waals surface area contributed by atoms with Gasteiger partial charge in [0.1, 0.15) is 24.1 Å². The summed E-state index contributed by atoms with van der Waals surface area (Å²) in [6.07, 6.45) is -5.57. The Bertz CT molecular complexity index is 922. The number of methoxy groups -OCH3 is 1. The molecule has 0 heterocycles. The molecule has 2 aromatic rings. The van der Waals surface area contributed by atoms with Crippen LogP contribution in [0.2, 0.25) is 0 Å². The Morgan fingerprint density at radius 3 is 2.18 bits per heavy atom. The summed E-state index contributed by atoms with van der Waals surface area (Å²) in [4.78, 5) is 14.9.